The minimum Gasteiger partial charge on any atom is -0.497 e. The Labute approximate surface area is 161 Å². The van der Waals surface area contributed by atoms with Gasteiger partial charge in [-0.3, -0.25) is 0 Å². The van der Waals surface area contributed by atoms with E-state index in [9.17, 15) is 8.42 Å². The van der Waals surface area contributed by atoms with E-state index in [1.807, 2.05) is 30.3 Å². The van der Waals surface area contributed by atoms with Crippen LogP contribution in [0.25, 0.3) is 0 Å². The maximum absolute atomic E-state index is 12.1. The predicted molar refractivity (Wildman–Crippen MR) is 108 cm³/mol. The molecular weight excluding hydrogens is 364 g/mol. The van der Waals surface area contributed by atoms with Gasteiger partial charge in [0.25, 0.3) is 0 Å². The first-order valence-corrected chi connectivity index (χ1v) is 10.8. The summed E-state index contributed by atoms with van der Waals surface area (Å²) in [5.74, 6) is 1.46. The average molecular weight is 391 g/mol. The Bertz CT molecular complexity index is 876. The molecule has 0 spiro atoms. The van der Waals surface area contributed by atoms with E-state index in [1.54, 1.807) is 26.4 Å². The Morgan fingerprint density at radius 1 is 1.07 bits per heavy atom. The minimum absolute atomic E-state index is 0.197. The Balaban J connectivity index is 1.80. The van der Waals surface area contributed by atoms with Crippen molar-refractivity contribution in [3.63, 3.8) is 0 Å². The fraction of sp³-hybridized carbons (Fsp3) is 0.400. The number of piperidine rings is 1. The van der Waals surface area contributed by atoms with Gasteiger partial charge in [-0.15, -0.1) is 0 Å². The smallest absolute Gasteiger partial charge is 0.177 e. The Hall–Kier alpha value is -2.41. The summed E-state index contributed by atoms with van der Waals surface area (Å²) < 4.78 is 34.9. The van der Waals surface area contributed by atoms with Crippen molar-refractivity contribution in [2.24, 2.45) is 0 Å². The van der Waals surface area contributed by atoms with Crippen LogP contribution in [0.4, 0.5) is 11.4 Å². The zero-order valence-electron chi connectivity index (χ0n) is 15.9. The molecule has 0 radical (unpaired) electrons. The lowest BCUT2D eigenvalue weighted by molar-refractivity contribution is 0.394. The van der Waals surface area contributed by atoms with Gasteiger partial charge < -0.3 is 19.7 Å². The van der Waals surface area contributed by atoms with Crippen molar-refractivity contribution in [2.45, 2.75) is 23.8 Å². The predicted octanol–water partition coefficient (Wildman–Crippen LogP) is 3.19. The molecule has 1 aliphatic rings. The first-order chi connectivity index (χ1) is 12.9. The third-order valence-corrected chi connectivity index (χ3v) is 5.89. The number of anilines is 2. The van der Waals surface area contributed by atoms with Gasteiger partial charge in [0, 0.05) is 49.3 Å². The van der Waals surface area contributed by atoms with Crippen LogP contribution in [0.3, 0.4) is 0 Å². The quantitative estimate of drug-likeness (QED) is 0.817. The van der Waals surface area contributed by atoms with Gasteiger partial charge in [-0.05, 0) is 25.0 Å². The van der Waals surface area contributed by atoms with Crippen LogP contribution >= 0.6 is 0 Å². The van der Waals surface area contributed by atoms with E-state index in [2.05, 4.69) is 10.2 Å². The van der Waals surface area contributed by atoms with Crippen LogP contribution in [-0.2, 0) is 9.84 Å². The van der Waals surface area contributed by atoms with E-state index >= 15 is 0 Å². The maximum Gasteiger partial charge on any atom is 0.177 e. The number of nitrogens with zero attached hydrogens (tertiary/aromatic N) is 1. The topological polar surface area (TPSA) is 67.9 Å². The third-order valence-electron chi connectivity index (χ3n) is 4.75. The van der Waals surface area contributed by atoms with Gasteiger partial charge in [-0.1, -0.05) is 12.1 Å². The van der Waals surface area contributed by atoms with E-state index in [0.29, 0.717) is 4.90 Å². The third kappa shape index (κ3) is 4.66. The van der Waals surface area contributed by atoms with Gasteiger partial charge in [-0.25, -0.2) is 8.42 Å². The number of hydrogen-bond donors (Lipinski definition) is 1. The second-order valence-corrected chi connectivity index (χ2v) is 8.75. The maximum atomic E-state index is 12.1. The van der Waals surface area contributed by atoms with Crippen molar-refractivity contribution in [3.8, 4) is 11.5 Å². The summed E-state index contributed by atoms with van der Waals surface area (Å²) in [4.78, 5) is 2.53. The number of methoxy groups -OCH3 is 2. The fourth-order valence-corrected chi connectivity index (χ4v) is 4.37. The molecule has 6 nitrogen and oxygen atoms in total. The molecule has 1 fully saturated rings. The summed E-state index contributed by atoms with van der Waals surface area (Å²) in [6.45, 7) is 1.57. The van der Waals surface area contributed by atoms with Crippen molar-refractivity contribution in [1.82, 2.24) is 0 Å². The van der Waals surface area contributed by atoms with E-state index < -0.39 is 9.84 Å². The van der Waals surface area contributed by atoms with Crippen molar-refractivity contribution in [2.75, 3.05) is 43.8 Å². The normalized spacial score (nSPS) is 17.4. The summed E-state index contributed by atoms with van der Waals surface area (Å²) in [7, 11) is -0.0163. The number of para-hydroxylation sites is 1. The molecule has 0 saturated carbocycles. The van der Waals surface area contributed by atoms with Crippen LogP contribution in [0.5, 0.6) is 11.5 Å². The molecule has 2 aromatic carbocycles. The number of rotatable bonds is 6. The summed E-state index contributed by atoms with van der Waals surface area (Å²) in [6.07, 6.45) is 3.25. The molecule has 1 saturated heterocycles. The Morgan fingerprint density at radius 2 is 1.74 bits per heavy atom. The summed E-state index contributed by atoms with van der Waals surface area (Å²) in [5, 5.41) is 3.54. The number of ether oxygens (including phenoxy) is 2. The van der Waals surface area contributed by atoms with Crippen LogP contribution in [0.2, 0.25) is 0 Å². The number of sulfone groups is 1. The van der Waals surface area contributed by atoms with Gasteiger partial charge in [0.1, 0.15) is 11.5 Å². The molecule has 1 N–H and O–H groups in total. The first-order valence-electron chi connectivity index (χ1n) is 8.94. The number of nitrogens with one attached hydrogen (secondary N) is 1. The number of benzene rings is 2. The summed E-state index contributed by atoms with van der Waals surface area (Å²) in [6, 6.07) is 13.1. The van der Waals surface area contributed by atoms with Crippen molar-refractivity contribution in [3.05, 3.63) is 42.5 Å². The standard InChI is InChI=1S/C20H26N2O4S/c1-25-17-11-16(12-18(13-17)26-2)21-15-7-6-10-22(14-15)19-8-4-5-9-20(19)27(3,23)24/h4-5,8-9,11-13,15,21H,6-7,10,14H2,1-3H3. The zero-order valence-corrected chi connectivity index (χ0v) is 16.8. The molecular formula is C20H26N2O4S. The lowest BCUT2D eigenvalue weighted by Crippen LogP contribution is -2.42. The molecule has 146 valence electrons. The van der Waals surface area contributed by atoms with Gasteiger partial charge in [0.2, 0.25) is 0 Å². The van der Waals surface area contributed by atoms with Gasteiger partial charge in [-0.2, -0.15) is 0 Å². The van der Waals surface area contributed by atoms with Crippen LogP contribution in [-0.4, -0.2) is 48.0 Å². The molecule has 1 aliphatic heterocycles. The molecule has 2 aromatic rings. The summed E-state index contributed by atoms with van der Waals surface area (Å²) in [5.41, 5.74) is 1.70. The highest BCUT2D eigenvalue weighted by molar-refractivity contribution is 7.90. The molecule has 1 atom stereocenters. The second kappa shape index (κ2) is 8.08. The van der Waals surface area contributed by atoms with Crippen LogP contribution < -0.4 is 19.7 Å². The highest BCUT2D eigenvalue weighted by Crippen LogP contribution is 2.30. The summed E-state index contributed by atoms with van der Waals surface area (Å²) >= 11 is 0. The molecule has 1 unspecified atom stereocenters. The van der Waals surface area contributed by atoms with E-state index in [0.717, 1.165) is 48.8 Å². The lowest BCUT2D eigenvalue weighted by atomic mass is 10.0. The monoisotopic (exact) mass is 390 g/mol. The largest absolute Gasteiger partial charge is 0.497 e. The molecule has 1 heterocycles. The van der Waals surface area contributed by atoms with Gasteiger partial charge in [0.15, 0.2) is 9.84 Å². The molecule has 0 bridgehead atoms. The average Bonchev–Trinajstić information content (AvgIpc) is 2.67. The van der Waals surface area contributed by atoms with E-state index in [4.69, 9.17) is 9.47 Å². The molecule has 7 heteroatoms. The highest BCUT2D eigenvalue weighted by atomic mass is 32.2. The molecule has 0 aliphatic carbocycles. The van der Waals surface area contributed by atoms with E-state index in [-0.39, 0.29) is 6.04 Å². The SMILES string of the molecule is COc1cc(NC2CCCN(c3ccccc3S(C)(=O)=O)C2)cc(OC)c1. The Kier molecular flexibility index (Phi) is 5.79. The minimum atomic E-state index is -3.27. The van der Waals surface area contributed by atoms with Crippen LogP contribution in [0, 0.1) is 0 Å². The van der Waals surface area contributed by atoms with Gasteiger partial charge in [0.05, 0.1) is 24.8 Å². The van der Waals surface area contributed by atoms with Crippen LogP contribution in [0.1, 0.15) is 12.8 Å². The first kappa shape index (κ1) is 19.4. The van der Waals surface area contributed by atoms with Crippen LogP contribution in [0.15, 0.2) is 47.4 Å². The van der Waals surface area contributed by atoms with Crippen molar-refractivity contribution in [1.29, 1.82) is 0 Å². The second-order valence-electron chi connectivity index (χ2n) is 6.77. The van der Waals surface area contributed by atoms with Gasteiger partial charge >= 0.3 is 0 Å². The lowest BCUT2D eigenvalue weighted by Gasteiger charge is -2.36. The molecule has 27 heavy (non-hydrogen) atoms. The van der Waals surface area contributed by atoms with E-state index in [1.165, 1.54) is 6.26 Å². The van der Waals surface area contributed by atoms with Crippen molar-refractivity contribution >= 4 is 21.2 Å². The fourth-order valence-electron chi connectivity index (χ4n) is 3.47. The highest BCUT2D eigenvalue weighted by Gasteiger charge is 2.24. The zero-order chi connectivity index (χ0) is 19.4. The molecule has 3 rings (SSSR count). The number of hydrogen-bond acceptors (Lipinski definition) is 6. The Morgan fingerprint density at radius 3 is 2.37 bits per heavy atom. The van der Waals surface area contributed by atoms with Crippen molar-refractivity contribution < 1.29 is 17.9 Å². The molecule has 0 aromatic heterocycles. The molecule has 0 amide bonds.